The topological polar surface area (TPSA) is 118 Å². The number of carbonyl (C=O) groups is 3. The number of carbonyl (C=O) groups excluding carboxylic acids is 2. The van der Waals surface area contributed by atoms with Gasteiger partial charge in [-0.3, -0.25) is 15.0 Å². The van der Waals surface area contributed by atoms with E-state index in [1.807, 2.05) is 13.8 Å². The van der Waals surface area contributed by atoms with Gasteiger partial charge in [0.25, 0.3) is 0 Å². The van der Waals surface area contributed by atoms with Crippen LogP contribution in [-0.2, 0) is 16.1 Å². The van der Waals surface area contributed by atoms with Gasteiger partial charge in [-0.25, -0.2) is 14.6 Å². The van der Waals surface area contributed by atoms with E-state index in [4.69, 9.17) is 14.5 Å². The minimum atomic E-state index is -1.09. The molecule has 0 saturated carbocycles. The molecule has 0 fully saturated rings. The Morgan fingerprint density at radius 1 is 1.32 bits per heavy atom. The molecule has 0 radical (unpaired) electrons. The zero-order valence-electron chi connectivity index (χ0n) is 20.6. The molecule has 0 aromatic heterocycles. The number of nitrogens with one attached hydrogen (secondary N) is 1. The van der Waals surface area contributed by atoms with Crippen LogP contribution in [0.3, 0.4) is 0 Å². The van der Waals surface area contributed by atoms with Crippen LogP contribution in [0, 0.1) is 0 Å². The minimum absolute atomic E-state index is 0.0226. The van der Waals surface area contributed by atoms with E-state index in [0.29, 0.717) is 37.2 Å². The zero-order chi connectivity index (χ0) is 25.5. The molecule has 9 heteroatoms. The number of aromatic carboxylic acids is 1. The lowest BCUT2D eigenvalue weighted by molar-refractivity contribution is -0.130. The van der Waals surface area contributed by atoms with Gasteiger partial charge >= 0.3 is 12.1 Å². The van der Waals surface area contributed by atoms with E-state index in [0.717, 1.165) is 0 Å². The summed E-state index contributed by atoms with van der Waals surface area (Å²) in [5.74, 6) is -0.810. The van der Waals surface area contributed by atoms with Crippen LogP contribution in [0.25, 0.3) is 0 Å². The second-order valence-corrected chi connectivity index (χ2v) is 9.18. The maximum atomic E-state index is 13.4. The number of benzene rings is 1. The second-order valence-electron chi connectivity index (χ2n) is 9.18. The number of ether oxygens (including phenoxy) is 2. The summed E-state index contributed by atoms with van der Waals surface area (Å²) in [5.41, 5.74) is -0.867. The first-order valence-corrected chi connectivity index (χ1v) is 11.4. The molecule has 1 aromatic carbocycles. The molecule has 2 N–H and O–H groups in total. The summed E-state index contributed by atoms with van der Waals surface area (Å²) in [6.45, 7) is 13.1. The number of hydrogen-bond donors (Lipinski definition) is 2. The quantitative estimate of drug-likeness (QED) is 0.510. The predicted molar refractivity (Wildman–Crippen MR) is 129 cm³/mol. The molecule has 0 aliphatic carbocycles. The molecule has 1 aliphatic rings. The Hall–Kier alpha value is -3.36. The van der Waals surface area contributed by atoms with Crippen molar-refractivity contribution in [2.24, 2.45) is 4.99 Å². The van der Waals surface area contributed by atoms with Gasteiger partial charge in [-0.05, 0) is 65.2 Å². The van der Waals surface area contributed by atoms with E-state index >= 15 is 0 Å². The number of aliphatic imine (C=N–C) groups is 1. The zero-order valence-corrected chi connectivity index (χ0v) is 20.6. The molecule has 2 rings (SSSR count). The Balaban J connectivity index is 2.50. The SMILES string of the molecule is C=CCCC1(CC)CC(=O)N(Cc2cc(C(=O)O)ccc2OCC)C(NC(=O)OC(C)(C)C)=N1. The highest BCUT2D eigenvalue weighted by atomic mass is 16.6. The fourth-order valence-corrected chi connectivity index (χ4v) is 3.67. The number of carboxylic acid groups (broad SMARTS) is 1. The lowest BCUT2D eigenvalue weighted by atomic mass is 9.86. The highest BCUT2D eigenvalue weighted by molar-refractivity contribution is 6.05. The number of hydrogen-bond acceptors (Lipinski definition) is 6. The largest absolute Gasteiger partial charge is 0.494 e. The van der Waals surface area contributed by atoms with Crippen LogP contribution in [0.1, 0.15) is 76.2 Å². The maximum absolute atomic E-state index is 13.4. The first kappa shape index (κ1) is 26.9. The van der Waals surface area contributed by atoms with E-state index in [-0.39, 0.29) is 30.4 Å². The average molecular weight is 474 g/mol. The second kappa shape index (κ2) is 11.2. The highest BCUT2D eigenvalue weighted by Crippen LogP contribution is 2.33. The molecule has 0 bridgehead atoms. The number of rotatable bonds is 9. The summed E-state index contributed by atoms with van der Waals surface area (Å²) >= 11 is 0. The van der Waals surface area contributed by atoms with Crippen molar-refractivity contribution in [3.63, 3.8) is 0 Å². The molecule has 9 nitrogen and oxygen atoms in total. The Morgan fingerprint density at radius 2 is 2.03 bits per heavy atom. The van der Waals surface area contributed by atoms with Crippen molar-refractivity contribution in [3.05, 3.63) is 42.0 Å². The Bertz CT molecular complexity index is 966. The van der Waals surface area contributed by atoms with E-state index in [9.17, 15) is 19.5 Å². The van der Waals surface area contributed by atoms with Crippen LogP contribution < -0.4 is 10.1 Å². The summed E-state index contributed by atoms with van der Waals surface area (Å²) in [6.07, 6.45) is 3.06. The van der Waals surface area contributed by atoms with Gasteiger partial charge in [0.15, 0.2) is 0 Å². The van der Waals surface area contributed by atoms with Crippen LogP contribution in [0.4, 0.5) is 4.79 Å². The lowest BCUT2D eigenvalue weighted by Gasteiger charge is -2.38. The third kappa shape index (κ3) is 7.07. The van der Waals surface area contributed by atoms with Crippen LogP contribution in [0.15, 0.2) is 35.8 Å². The van der Waals surface area contributed by atoms with Crippen LogP contribution in [0.2, 0.25) is 0 Å². The van der Waals surface area contributed by atoms with E-state index in [2.05, 4.69) is 11.9 Å². The standard InChI is InChI=1S/C25H35N3O6/c1-7-10-13-25(8-2)15-20(29)28(22(27-25)26-23(32)34-24(4,5)6)16-18-14-17(21(30)31)11-12-19(18)33-9-3/h7,11-12,14H,1,8-10,13,15-16H2,2-6H3,(H,30,31)(H,26,27,32). The number of amides is 2. The molecule has 2 amide bonds. The molecular weight excluding hydrogens is 438 g/mol. The molecule has 1 heterocycles. The van der Waals surface area contributed by atoms with Gasteiger partial charge in [-0.2, -0.15) is 0 Å². The summed E-state index contributed by atoms with van der Waals surface area (Å²) in [7, 11) is 0. The van der Waals surface area contributed by atoms with Gasteiger partial charge in [-0.15, -0.1) is 6.58 Å². The van der Waals surface area contributed by atoms with Gasteiger partial charge in [0.2, 0.25) is 11.9 Å². The number of carboxylic acids is 1. The Kier molecular flexibility index (Phi) is 8.84. The van der Waals surface area contributed by atoms with Gasteiger partial charge in [0, 0.05) is 5.56 Å². The molecule has 1 atom stereocenters. The third-order valence-electron chi connectivity index (χ3n) is 5.40. The molecule has 1 aromatic rings. The van der Waals surface area contributed by atoms with Crippen LogP contribution in [0.5, 0.6) is 5.75 Å². The van der Waals surface area contributed by atoms with E-state index in [1.165, 1.54) is 17.0 Å². The Labute approximate surface area is 200 Å². The monoisotopic (exact) mass is 473 g/mol. The first-order valence-electron chi connectivity index (χ1n) is 11.4. The average Bonchev–Trinajstić information content (AvgIpc) is 2.74. The predicted octanol–water partition coefficient (Wildman–Crippen LogP) is 4.51. The van der Waals surface area contributed by atoms with Gasteiger partial charge in [0.1, 0.15) is 11.4 Å². The fraction of sp³-hybridized carbons (Fsp3) is 0.520. The Morgan fingerprint density at radius 3 is 2.59 bits per heavy atom. The summed E-state index contributed by atoms with van der Waals surface area (Å²) in [5, 5.41) is 12.1. The smallest absolute Gasteiger partial charge is 0.414 e. The number of guanidine groups is 1. The minimum Gasteiger partial charge on any atom is -0.494 e. The van der Waals surface area contributed by atoms with Crippen molar-refractivity contribution in [1.82, 2.24) is 10.2 Å². The molecule has 186 valence electrons. The summed E-state index contributed by atoms with van der Waals surface area (Å²) < 4.78 is 11.0. The maximum Gasteiger partial charge on any atom is 0.414 e. The summed E-state index contributed by atoms with van der Waals surface area (Å²) in [6, 6.07) is 4.47. The molecule has 34 heavy (non-hydrogen) atoms. The lowest BCUT2D eigenvalue weighted by Crippen LogP contribution is -2.54. The van der Waals surface area contributed by atoms with Crippen molar-refractivity contribution in [2.45, 2.75) is 78.0 Å². The third-order valence-corrected chi connectivity index (χ3v) is 5.40. The number of allylic oxidation sites excluding steroid dienone is 1. The van der Waals surface area contributed by atoms with Crippen molar-refractivity contribution >= 4 is 23.9 Å². The van der Waals surface area contributed by atoms with Crippen LogP contribution in [-0.4, -0.2) is 51.7 Å². The first-order chi connectivity index (χ1) is 15.9. The highest BCUT2D eigenvalue weighted by Gasteiger charge is 2.40. The van der Waals surface area contributed by atoms with Gasteiger partial charge in [-0.1, -0.05) is 13.0 Å². The molecule has 0 saturated heterocycles. The molecule has 0 spiro atoms. The van der Waals surface area contributed by atoms with Crippen molar-refractivity contribution in [1.29, 1.82) is 0 Å². The normalized spacial score (nSPS) is 18.2. The van der Waals surface area contributed by atoms with Crippen molar-refractivity contribution in [2.75, 3.05) is 6.61 Å². The van der Waals surface area contributed by atoms with E-state index < -0.39 is 23.2 Å². The van der Waals surface area contributed by atoms with Gasteiger partial charge < -0.3 is 14.6 Å². The van der Waals surface area contributed by atoms with Crippen molar-refractivity contribution < 1.29 is 29.0 Å². The van der Waals surface area contributed by atoms with Crippen molar-refractivity contribution in [3.8, 4) is 5.75 Å². The summed E-state index contributed by atoms with van der Waals surface area (Å²) in [4.78, 5) is 43.6. The molecular formula is C25H35N3O6. The fourth-order valence-electron chi connectivity index (χ4n) is 3.67. The van der Waals surface area contributed by atoms with Gasteiger partial charge in [0.05, 0.1) is 30.7 Å². The van der Waals surface area contributed by atoms with E-state index in [1.54, 1.807) is 32.9 Å². The molecule has 1 aliphatic heterocycles. The number of nitrogens with zero attached hydrogens (tertiary/aromatic N) is 2. The number of alkyl carbamates (subject to hydrolysis) is 1. The molecule has 1 unspecified atom stereocenters. The van der Waals surface area contributed by atoms with Crippen LogP contribution >= 0.6 is 0 Å².